The molecule has 0 aliphatic rings. The Morgan fingerprint density at radius 3 is 2.60 bits per heavy atom. The molecule has 2 aromatic rings. The summed E-state index contributed by atoms with van der Waals surface area (Å²) in [5, 5.41) is 0. The minimum atomic E-state index is 0.499. The van der Waals surface area contributed by atoms with Gasteiger partial charge in [-0.1, -0.05) is 12.1 Å². The van der Waals surface area contributed by atoms with E-state index in [4.69, 9.17) is 0 Å². The van der Waals surface area contributed by atoms with Crippen molar-refractivity contribution in [2.75, 3.05) is 6.26 Å². The second kappa shape index (κ2) is 4.31. The van der Waals surface area contributed by atoms with Gasteiger partial charge in [0.15, 0.2) is 6.29 Å². The number of aromatic nitrogens is 2. The number of imidazole rings is 1. The maximum Gasteiger partial charge on any atom is 0.167 e. The first-order valence-electron chi connectivity index (χ1n) is 4.48. The molecule has 2 rings (SSSR count). The lowest BCUT2D eigenvalue weighted by Gasteiger charge is -1.98. The lowest BCUT2D eigenvalue weighted by atomic mass is 10.2. The quantitative estimate of drug-likeness (QED) is 0.636. The summed E-state index contributed by atoms with van der Waals surface area (Å²) in [6, 6.07) is 8.03. The molecule has 3 nitrogen and oxygen atoms in total. The maximum atomic E-state index is 10.5. The van der Waals surface area contributed by atoms with Crippen LogP contribution in [0.25, 0.3) is 11.4 Å². The molecule has 1 heterocycles. The topological polar surface area (TPSA) is 45.8 Å². The average Bonchev–Trinajstić information content (AvgIpc) is 2.78. The van der Waals surface area contributed by atoms with Crippen LogP contribution in [0, 0.1) is 0 Å². The van der Waals surface area contributed by atoms with E-state index >= 15 is 0 Å². The van der Waals surface area contributed by atoms with E-state index in [1.54, 1.807) is 11.8 Å². The van der Waals surface area contributed by atoms with Crippen LogP contribution < -0.4 is 0 Å². The largest absolute Gasteiger partial charge is 0.336 e. The molecule has 0 radical (unpaired) electrons. The lowest BCUT2D eigenvalue weighted by molar-refractivity contribution is 0.111. The van der Waals surface area contributed by atoms with Crippen LogP contribution in [0.15, 0.2) is 35.4 Å². The summed E-state index contributed by atoms with van der Waals surface area (Å²) in [4.78, 5) is 18.7. The molecule has 15 heavy (non-hydrogen) atoms. The lowest BCUT2D eigenvalue weighted by Crippen LogP contribution is -1.81. The van der Waals surface area contributed by atoms with Crippen molar-refractivity contribution in [1.29, 1.82) is 0 Å². The Labute approximate surface area is 91.9 Å². The van der Waals surface area contributed by atoms with Gasteiger partial charge in [-0.15, -0.1) is 11.8 Å². The molecule has 0 amide bonds. The van der Waals surface area contributed by atoms with Crippen LogP contribution in [0.3, 0.4) is 0 Å². The fraction of sp³-hybridized carbons (Fsp3) is 0.0909. The number of nitrogens with zero attached hydrogens (tertiary/aromatic N) is 1. The van der Waals surface area contributed by atoms with Gasteiger partial charge in [0.25, 0.3) is 0 Å². The normalized spacial score (nSPS) is 10.2. The fourth-order valence-electron chi connectivity index (χ4n) is 1.29. The number of carbonyl (C=O) groups is 1. The summed E-state index contributed by atoms with van der Waals surface area (Å²) in [6.07, 6.45) is 4.32. The van der Waals surface area contributed by atoms with Crippen molar-refractivity contribution in [1.82, 2.24) is 9.97 Å². The van der Waals surface area contributed by atoms with Crippen LogP contribution in [0.1, 0.15) is 10.5 Å². The van der Waals surface area contributed by atoms with E-state index in [0.717, 1.165) is 17.7 Å². The molecule has 0 aliphatic carbocycles. The predicted molar refractivity (Wildman–Crippen MR) is 61.2 cm³/mol. The summed E-state index contributed by atoms with van der Waals surface area (Å²) >= 11 is 1.70. The summed E-state index contributed by atoms with van der Waals surface area (Å²) in [5.41, 5.74) is 1.49. The van der Waals surface area contributed by atoms with Crippen molar-refractivity contribution in [3.63, 3.8) is 0 Å². The van der Waals surface area contributed by atoms with Crippen molar-refractivity contribution < 1.29 is 4.79 Å². The highest BCUT2D eigenvalue weighted by atomic mass is 32.2. The number of H-pyrrole nitrogens is 1. The highest BCUT2D eigenvalue weighted by Crippen LogP contribution is 2.20. The van der Waals surface area contributed by atoms with E-state index in [9.17, 15) is 4.79 Å². The highest BCUT2D eigenvalue weighted by molar-refractivity contribution is 7.98. The zero-order valence-electron chi connectivity index (χ0n) is 8.23. The Kier molecular flexibility index (Phi) is 2.87. The molecule has 0 saturated heterocycles. The zero-order chi connectivity index (χ0) is 10.7. The Balaban J connectivity index is 2.32. The van der Waals surface area contributed by atoms with Crippen LogP contribution in [0.5, 0.6) is 0 Å². The molecule has 1 N–H and O–H groups in total. The molecule has 0 fully saturated rings. The molecule has 0 unspecified atom stereocenters. The number of aldehydes is 1. The Bertz CT molecular complexity index is 462. The van der Waals surface area contributed by atoms with Crippen molar-refractivity contribution in [2.24, 2.45) is 0 Å². The predicted octanol–water partition coefficient (Wildman–Crippen LogP) is 2.61. The SMILES string of the molecule is CSc1ccc(-c2ncc(C=O)[nH]2)cc1. The van der Waals surface area contributed by atoms with E-state index < -0.39 is 0 Å². The number of aromatic amines is 1. The summed E-state index contributed by atoms with van der Waals surface area (Å²) in [5.74, 6) is 0.727. The van der Waals surface area contributed by atoms with Crippen molar-refractivity contribution in [3.8, 4) is 11.4 Å². The van der Waals surface area contributed by atoms with E-state index in [2.05, 4.69) is 9.97 Å². The number of benzene rings is 1. The van der Waals surface area contributed by atoms with Crippen LogP contribution >= 0.6 is 11.8 Å². The van der Waals surface area contributed by atoms with Gasteiger partial charge in [0.05, 0.1) is 11.9 Å². The van der Waals surface area contributed by atoms with E-state index in [-0.39, 0.29) is 0 Å². The van der Waals surface area contributed by atoms with Gasteiger partial charge in [-0.05, 0) is 18.4 Å². The third-order valence-corrected chi connectivity index (χ3v) is 2.83. The molecule has 76 valence electrons. The molecule has 0 atom stereocenters. The monoisotopic (exact) mass is 218 g/mol. The van der Waals surface area contributed by atoms with Crippen LogP contribution in [-0.4, -0.2) is 22.5 Å². The minimum absolute atomic E-state index is 0.499. The number of nitrogens with one attached hydrogen (secondary N) is 1. The first-order chi connectivity index (χ1) is 7.33. The standard InChI is InChI=1S/C11H10N2OS/c1-15-10-4-2-8(3-5-10)11-12-6-9(7-14)13-11/h2-7H,1H3,(H,12,13). The van der Waals surface area contributed by atoms with Gasteiger partial charge in [0, 0.05) is 10.5 Å². The molecular formula is C11H10N2OS. The number of hydrogen-bond acceptors (Lipinski definition) is 3. The molecule has 1 aromatic carbocycles. The minimum Gasteiger partial charge on any atom is -0.336 e. The number of hydrogen-bond donors (Lipinski definition) is 1. The summed E-state index contributed by atoms with van der Waals surface area (Å²) in [7, 11) is 0. The third-order valence-electron chi connectivity index (χ3n) is 2.09. The van der Waals surface area contributed by atoms with Gasteiger partial charge < -0.3 is 4.98 Å². The van der Waals surface area contributed by atoms with Gasteiger partial charge in [0.1, 0.15) is 5.82 Å². The number of rotatable bonds is 3. The molecule has 0 saturated carbocycles. The van der Waals surface area contributed by atoms with Crippen molar-refractivity contribution >= 4 is 18.0 Å². The number of thioether (sulfide) groups is 1. The van der Waals surface area contributed by atoms with Crippen molar-refractivity contribution in [2.45, 2.75) is 4.90 Å². The van der Waals surface area contributed by atoms with Gasteiger partial charge in [0.2, 0.25) is 0 Å². The Morgan fingerprint density at radius 2 is 2.07 bits per heavy atom. The molecule has 0 aliphatic heterocycles. The van der Waals surface area contributed by atoms with E-state index in [1.807, 2.05) is 30.5 Å². The molecule has 0 spiro atoms. The summed E-state index contributed by atoms with van der Waals surface area (Å²) in [6.45, 7) is 0. The first kappa shape index (κ1) is 9.98. The van der Waals surface area contributed by atoms with E-state index in [0.29, 0.717) is 5.69 Å². The maximum absolute atomic E-state index is 10.5. The molecule has 4 heteroatoms. The highest BCUT2D eigenvalue weighted by Gasteiger charge is 2.02. The second-order valence-electron chi connectivity index (χ2n) is 3.03. The van der Waals surface area contributed by atoms with Gasteiger partial charge >= 0.3 is 0 Å². The molecule has 1 aromatic heterocycles. The molecule has 0 bridgehead atoms. The van der Waals surface area contributed by atoms with Crippen LogP contribution in [-0.2, 0) is 0 Å². The summed E-state index contributed by atoms with van der Waals surface area (Å²) < 4.78 is 0. The van der Waals surface area contributed by atoms with Crippen LogP contribution in [0.4, 0.5) is 0 Å². The van der Waals surface area contributed by atoms with Gasteiger partial charge in [-0.2, -0.15) is 0 Å². The fourth-order valence-corrected chi connectivity index (χ4v) is 1.70. The van der Waals surface area contributed by atoms with E-state index in [1.165, 1.54) is 11.1 Å². The van der Waals surface area contributed by atoms with Crippen molar-refractivity contribution in [3.05, 3.63) is 36.2 Å². The molecular weight excluding hydrogens is 208 g/mol. The third kappa shape index (κ3) is 2.10. The smallest absolute Gasteiger partial charge is 0.167 e. The number of carbonyl (C=O) groups excluding carboxylic acids is 1. The Morgan fingerprint density at radius 1 is 1.33 bits per heavy atom. The van der Waals surface area contributed by atoms with Gasteiger partial charge in [-0.3, -0.25) is 4.79 Å². The first-order valence-corrected chi connectivity index (χ1v) is 5.70. The zero-order valence-corrected chi connectivity index (χ0v) is 9.04. The van der Waals surface area contributed by atoms with Gasteiger partial charge in [-0.25, -0.2) is 4.98 Å². The Hall–Kier alpha value is -1.55. The van der Waals surface area contributed by atoms with Crippen LogP contribution in [0.2, 0.25) is 0 Å². The average molecular weight is 218 g/mol. The second-order valence-corrected chi connectivity index (χ2v) is 3.91.